The van der Waals surface area contributed by atoms with E-state index in [9.17, 15) is 19.8 Å². The Kier molecular flexibility index (Phi) is 11.1. The number of aliphatic hydroxyl groups excluding tert-OH is 1. The highest BCUT2D eigenvalue weighted by atomic mass is 35.5. The standard InChI is InChI=1S/C40H42Cl2N2O6/c1-40(23-45,39(47)48)18-17-27-20-34(41)38(44-37(27)49-2)50-35-16-15-31-30(6-4-7-32(31)35)33-8-3-5-29(36(33)42)26-12-9-24(10-13-26)21-43-22-25-11-14-28(46)19-25/h3-10,12-13,20,25,35,43,45H,11,14-19,21-23H2,1-2H3,(H,47,48)/t25-,35+,40+/m1/s1. The van der Waals surface area contributed by atoms with Gasteiger partial charge in [0.15, 0.2) is 0 Å². The van der Waals surface area contributed by atoms with Gasteiger partial charge in [0.05, 0.1) is 24.2 Å². The third kappa shape index (κ3) is 7.69. The number of rotatable bonds is 14. The number of pyridine rings is 1. The molecule has 0 amide bonds. The molecule has 3 atom stereocenters. The number of methoxy groups -OCH3 is 1. The highest BCUT2D eigenvalue weighted by molar-refractivity contribution is 6.36. The topological polar surface area (TPSA) is 118 Å². The van der Waals surface area contributed by atoms with Crippen LogP contribution in [0.25, 0.3) is 22.3 Å². The van der Waals surface area contributed by atoms with Gasteiger partial charge in [0, 0.05) is 36.1 Å². The predicted molar refractivity (Wildman–Crippen MR) is 195 cm³/mol. The number of hydrogen-bond acceptors (Lipinski definition) is 7. The van der Waals surface area contributed by atoms with Gasteiger partial charge in [-0.25, -0.2) is 0 Å². The van der Waals surface area contributed by atoms with Gasteiger partial charge in [-0.05, 0) is 85.4 Å². The van der Waals surface area contributed by atoms with E-state index in [1.54, 1.807) is 6.07 Å². The maximum absolute atomic E-state index is 11.7. The highest BCUT2D eigenvalue weighted by Gasteiger charge is 2.33. The van der Waals surface area contributed by atoms with Crippen molar-refractivity contribution in [3.8, 4) is 34.0 Å². The Morgan fingerprint density at radius 1 is 1.00 bits per heavy atom. The summed E-state index contributed by atoms with van der Waals surface area (Å²) in [5.74, 6) is 0.296. The number of aryl methyl sites for hydroxylation is 1. The minimum Gasteiger partial charge on any atom is -0.481 e. The summed E-state index contributed by atoms with van der Waals surface area (Å²) in [7, 11) is 1.50. The molecule has 0 unspecified atom stereocenters. The Bertz CT molecular complexity index is 1880. The first-order valence-corrected chi connectivity index (χ1v) is 17.8. The number of nitrogens with one attached hydrogen (secondary N) is 1. The molecule has 1 fully saturated rings. The van der Waals surface area contributed by atoms with Crippen molar-refractivity contribution in [2.45, 2.75) is 64.5 Å². The van der Waals surface area contributed by atoms with Crippen molar-refractivity contribution < 1.29 is 29.3 Å². The number of carboxylic acid groups (broad SMARTS) is 1. The molecule has 2 aliphatic rings. The molecule has 3 aromatic carbocycles. The Morgan fingerprint density at radius 3 is 2.44 bits per heavy atom. The first-order chi connectivity index (χ1) is 24.1. The molecule has 8 nitrogen and oxygen atoms in total. The molecule has 262 valence electrons. The lowest BCUT2D eigenvalue weighted by molar-refractivity contribution is -0.150. The van der Waals surface area contributed by atoms with Crippen molar-refractivity contribution in [2.75, 3.05) is 20.3 Å². The van der Waals surface area contributed by atoms with Crippen LogP contribution < -0.4 is 14.8 Å². The summed E-state index contributed by atoms with van der Waals surface area (Å²) in [6, 6.07) is 22.5. The molecular weight excluding hydrogens is 675 g/mol. The normalized spacial score (nSPS) is 18.1. The van der Waals surface area contributed by atoms with Crippen LogP contribution >= 0.6 is 23.2 Å². The molecule has 1 saturated carbocycles. The van der Waals surface area contributed by atoms with Crippen molar-refractivity contribution in [1.29, 1.82) is 0 Å². The number of fused-ring (bicyclic) bond motifs is 1. The van der Waals surface area contributed by atoms with Gasteiger partial charge in [0.2, 0.25) is 11.8 Å². The highest BCUT2D eigenvalue weighted by Crippen LogP contribution is 2.45. The van der Waals surface area contributed by atoms with Gasteiger partial charge in [-0.15, -0.1) is 0 Å². The van der Waals surface area contributed by atoms with Gasteiger partial charge in [0.1, 0.15) is 16.9 Å². The summed E-state index contributed by atoms with van der Waals surface area (Å²) in [5.41, 5.74) is 6.76. The van der Waals surface area contributed by atoms with E-state index in [2.05, 4.69) is 52.8 Å². The largest absolute Gasteiger partial charge is 0.481 e. The van der Waals surface area contributed by atoms with Crippen molar-refractivity contribution in [3.05, 3.63) is 99.0 Å². The molecule has 4 aromatic rings. The van der Waals surface area contributed by atoms with E-state index in [-0.39, 0.29) is 18.4 Å². The number of aromatic nitrogens is 1. The van der Waals surface area contributed by atoms with Gasteiger partial charge in [-0.2, -0.15) is 4.98 Å². The van der Waals surface area contributed by atoms with E-state index in [0.29, 0.717) is 52.5 Å². The number of carbonyl (C=O) groups is 2. The Labute approximate surface area is 302 Å². The number of carboxylic acids is 1. The summed E-state index contributed by atoms with van der Waals surface area (Å²) in [6.45, 7) is 2.64. The van der Waals surface area contributed by atoms with Crippen LogP contribution in [-0.2, 0) is 29.0 Å². The van der Waals surface area contributed by atoms with Crippen LogP contribution in [0.15, 0.2) is 66.7 Å². The van der Waals surface area contributed by atoms with Gasteiger partial charge in [-0.3, -0.25) is 9.59 Å². The third-order valence-corrected chi connectivity index (χ3v) is 10.8. The molecule has 6 rings (SSSR count). The zero-order valence-electron chi connectivity index (χ0n) is 28.3. The second-order valence-corrected chi connectivity index (χ2v) is 14.4. The van der Waals surface area contributed by atoms with Crippen molar-refractivity contribution in [3.63, 3.8) is 0 Å². The van der Waals surface area contributed by atoms with Crippen LogP contribution in [-0.4, -0.2) is 47.2 Å². The van der Waals surface area contributed by atoms with E-state index in [0.717, 1.165) is 60.2 Å². The van der Waals surface area contributed by atoms with Crippen LogP contribution in [0, 0.1) is 11.3 Å². The quantitative estimate of drug-likeness (QED) is 0.119. The van der Waals surface area contributed by atoms with E-state index >= 15 is 0 Å². The Balaban J connectivity index is 1.17. The maximum atomic E-state index is 11.7. The number of ketones is 1. The summed E-state index contributed by atoms with van der Waals surface area (Å²) >= 11 is 13.8. The maximum Gasteiger partial charge on any atom is 0.311 e. The second-order valence-electron chi connectivity index (χ2n) is 13.6. The molecule has 1 aromatic heterocycles. The number of hydrogen-bond donors (Lipinski definition) is 3. The van der Waals surface area contributed by atoms with Crippen molar-refractivity contribution >= 4 is 35.0 Å². The number of benzene rings is 3. The molecule has 2 aliphatic carbocycles. The molecular formula is C40H42Cl2N2O6. The molecule has 0 aliphatic heterocycles. The number of halogens is 2. The second kappa shape index (κ2) is 15.5. The average Bonchev–Trinajstić information content (AvgIpc) is 3.74. The lowest BCUT2D eigenvalue weighted by Gasteiger charge is -2.22. The van der Waals surface area contributed by atoms with Gasteiger partial charge >= 0.3 is 5.97 Å². The van der Waals surface area contributed by atoms with Crippen molar-refractivity contribution in [2.24, 2.45) is 11.3 Å². The molecule has 0 bridgehead atoms. The summed E-state index contributed by atoms with van der Waals surface area (Å²) in [5, 5.41) is 23.7. The molecule has 3 N–H and O–H groups in total. The Hall–Kier alpha value is -3.95. The number of aliphatic hydroxyl groups is 1. The average molecular weight is 718 g/mol. The number of carbonyl (C=O) groups excluding carboxylic acids is 1. The summed E-state index contributed by atoms with van der Waals surface area (Å²) < 4.78 is 11.9. The predicted octanol–water partition coefficient (Wildman–Crippen LogP) is 8.27. The summed E-state index contributed by atoms with van der Waals surface area (Å²) in [4.78, 5) is 27.8. The molecule has 0 radical (unpaired) electrons. The first-order valence-electron chi connectivity index (χ1n) is 17.1. The minimum absolute atomic E-state index is 0.184. The fourth-order valence-electron chi connectivity index (χ4n) is 6.97. The lowest BCUT2D eigenvalue weighted by Crippen LogP contribution is -2.32. The van der Waals surface area contributed by atoms with Crippen LogP contribution in [0.3, 0.4) is 0 Å². The fourth-order valence-corrected chi connectivity index (χ4v) is 7.53. The van der Waals surface area contributed by atoms with Gasteiger partial charge in [0.25, 0.3) is 0 Å². The molecule has 10 heteroatoms. The third-order valence-electron chi connectivity index (χ3n) is 10.1. The monoisotopic (exact) mass is 716 g/mol. The van der Waals surface area contributed by atoms with E-state index < -0.39 is 18.0 Å². The van der Waals surface area contributed by atoms with Crippen LogP contribution in [0.5, 0.6) is 11.8 Å². The Morgan fingerprint density at radius 2 is 1.74 bits per heavy atom. The summed E-state index contributed by atoms with van der Waals surface area (Å²) in [6.07, 6.45) is 4.11. The number of Topliss-reactive ketones (excluding diaryl/α,β-unsaturated/α-hetero) is 1. The van der Waals surface area contributed by atoms with Gasteiger partial charge < -0.3 is 25.0 Å². The fraction of sp³-hybridized carbons (Fsp3) is 0.375. The number of nitrogens with zero attached hydrogens (tertiary/aromatic N) is 1. The van der Waals surface area contributed by atoms with Crippen LogP contribution in [0.4, 0.5) is 0 Å². The zero-order valence-corrected chi connectivity index (χ0v) is 29.8. The van der Waals surface area contributed by atoms with Crippen molar-refractivity contribution in [1.82, 2.24) is 10.3 Å². The molecule has 0 spiro atoms. The minimum atomic E-state index is -1.29. The van der Waals surface area contributed by atoms with E-state index in [1.165, 1.54) is 25.2 Å². The van der Waals surface area contributed by atoms with Gasteiger partial charge in [-0.1, -0.05) is 83.9 Å². The molecule has 50 heavy (non-hydrogen) atoms. The van der Waals surface area contributed by atoms with E-state index in [4.69, 9.17) is 32.7 Å². The first kappa shape index (κ1) is 35.9. The number of aliphatic carboxylic acids is 1. The molecule has 0 saturated heterocycles. The zero-order chi connectivity index (χ0) is 35.4. The number of ether oxygens (including phenoxy) is 2. The van der Waals surface area contributed by atoms with E-state index in [1.807, 2.05) is 18.2 Å². The van der Waals surface area contributed by atoms with Crippen LogP contribution in [0.1, 0.15) is 67.4 Å². The smallest absolute Gasteiger partial charge is 0.311 e. The van der Waals surface area contributed by atoms with Crippen LogP contribution in [0.2, 0.25) is 10.0 Å². The lowest BCUT2D eigenvalue weighted by atomic mass is 9.85. The SMILES string of the molecule is COc1nc(O[C@H]2CCc3c(-c4cccc(-c5ccc(CNC[C@@H]6CCC(=O)C6)cc5)c4Cl)cccc32)c(Cl)cc1CC[C@@](C)(CO)C(=O)O. The molecule has 1 heterocycles.